The van der Waals surface area contributed by atoms with Crippen LogP contribution in [0.25, 0.3) is 5.69 Å². The number of carbonyl (C=O) groups is 1. The first-order valence-electron chi connectivity index (χ1n) is 12.4. The summed E-state index contributed by atoms with van der Waals surface area (Å²) in [5.74, 6) is -0.335. The third-order valence-corrected chi connectivity index (χ3v) is 7.75. The molecule has 1 N–H and O–H groups in total. The maximum Gasteiger partial charge on any atom is 0.337 e. The third kappa shape index (κ3) is 4.33. The second-order valence-corrected chi connectivity index (χ2v) is 9.92. The van der Waals surface area contributed by atoms with Gasteiger partial charge in [-0.15, -0.1) is 0 Å². The quantitative estimate of drug-likeness (QED) is 0.374. The fourth-order valence-electron chi connectivity index (χ4n) is 5.82. The molecule has 35 heavy (non-hydrogen) atoms. The van der Waals surface area contributed by atoms with Gasteiger partial charge < -0.3 is 19.5 Å². The van der Waals surface area contributed by atoms with E-state index in [1.165, 1.54) is 31.9 Å². The van der Waals surface area contributed by atoms with Gasteiger partial charge in [0.2, 0.25) is 0 Å². The van der Waals surface area contributed by atoms with Crippen LogP contribution in [-0.4, -0.2) is 38.7 Å². The van der Waals surface area contributed by atoms with Crippen LogP contribution in [0.2, 0.25) is 0 Å². The Morgan fingerprint density at radius 3 is 2.60 bits per heavy atom. The summed E-state index contributed by atoms with van der Waals surface area (Å²) in [6.45, 7) is 4.27. The molecule has 2 atom stereocenters. The Kier molecular flexibility index (Phi) is 6.60. The lowest BCUT2D eigenvalue weighted by Gasteiger charge is -2.37. The minimum atomic E-state index is -0.335. The highest BCUT2D eigenvalue weighted by atomic mass is 32.1. The van der Waals surface area contributed by atoms with Crippen LogP contribution in [0.3, 0.4) is 0 Å². The number of aryl methyl sites for hydroxylation is 1. The van der Waals surface area contributed by atoms with Gasteiger partial charge in [-0.05, 0) is 80.9 Å². The minimum absolute atomic E-state index is 0.0269. The van der Waals surface area contributed by atoms with E-state index in [0.717, 1.165) is 40.7 Å². The molecule has 0 radical (unpaired) electrons. The molecule has 2 fully saturated rings. The molecule has 6 nitrogen and oxygen atoms in total. The fraction of sp³-hybridized carbons (Fsp3) is 0.393. The van der Waals surface area contributed by atoms with Crippen LogP contribution in [0.5, 0.6) is 0 Å². The molecule has 1 aliphatic heterocycles. The lowest BCUT2D eigenvalue weighted by Crippen LogP contribution is -2.40. The van der Waals surface area contributed by atoms with Gasteiger partial charge in [0, 0.05) is 29.3 Å². The summed E-state index contributed by atoms with van der Waals surface area (Å²) in [5.41, 5.74) is 5.97. The summed E-state index contributed by atoms with van der Waals surface area (Å²) in [6, 6.07) is 16.4. The van der Waals surface area contributed by atoms with Crippen molar-refractivity contribution in [2.45, 2.75) is 64.1 Å². The first-order chi connectivity index (χ1) is 17.0. The van der Waals surface area contributed by atoms with Gasteiger partial charge in [-0.1, -0.05) is 31.4 Å². The van der Waals surface area contributed by atoms with E-state index in [1.54, 1.807) is 6.07 Å². The molecule has 0 amide bonds. The van der Waals surface area contributed by atoms with Crippen molar-refractivity contribution in [1.29, 1.82) is 0 Å². The molecule has 1 aliphatic carbocycles. The summed E-state index contributed by atoms with van der Waals surface area (Å²) < 4.78 is 7.17. The summed E-state index contributed by atoms with van der Waals surface area (Å²) in [5, 5.41) is 4.43. The Bertz CT molecular complexity index is 1230. The van der Waals surface area contributed by atoms with E-state index >= 15 is 0 Å². The number of pyridine rings is 1. The molecule has 0 spiro atoms. The van der Waals surface area contributed by atoms with E-state index in [4.69, 9.17) is 21.9 Å². The molecule has 0 unspecified atom stereocenters. The molecular formula is C28H32N4O2S. The number of aromatic nitrogens is 2. The highest BCUT2D eigenvalue weighted by Gasteiger charge is 2.44. The molecule has 182 valence electrons. The van der Waals surface area contributed by atoms with Gasteiger partial charge in [-0.2, -0.15) is 0 Å². The standard InChI is InChI=1S/C28H32N4O2S/c1-18-16-23(19(2)31(18)22-13-9-10-20(17-22)27(33)34-3)26-25(24-14-7-8-15-29-24)30-28(35)32(26)21-11-5-4-6-12-21/h7-10,13-17,21,25-26H,4-6,11-12H2,1-3H3,(H,30,35)/t25-,26+/m0/s1. The van der Waals surface area contributed by atoms with Gasteiger partial charge in [0.25, 0.3) is 0 Å². The fourth-order valence-corrected chi connectivity index (χ4v) is 6.21. The maximum atomic E-state index is 12.2. The molecule has 0 bridgehead atoms. The second kappa shape index (κ2) is 9.82. The number of thiocarbonyl (C=S) groups is 1. The Balaban J connectivity index is 1.61. The SMILES string of the molecule is COC(=O)c1cccc(-n2c(C)cc([C@@H]3[C@H](c4ccccn4)NC(=S)N3C3CCCCC3)c2C)c1. The molecule has 2 aliphatic rings. The summed E-state index contributed by atoms with van der Waals surface area (Å²) in [7, 11) is 1.41. The molecule has 3 aromatic rings. The number of hydrogen-bond acceptors (Lipinski definition) is 4. The van der Waals surface area contributed by atoms with Crippen molar-refractivity contribution in [3.05, 3.63) is 82.9 Å². The minimum Gasteiger partial charge on any atom is -0.465 e. The normalized spacial score (nSPS) is 20.7. The Morgan fingerprint density at radius 2 is 1.89 bits per heavy atom. The number of benzene rings is 1. The van der Waals surface area contributed by atoms with Crippen LogP contribution in [-0.2, 0) is 4.74 Å². The van der Waals surface area contributed by atoms with Gasteiger partial charge >= 0.3 is 5.97 Å². The molecule has 2 aromatic heterocycles. The number of methoxy groups -OCH3 is 1. The van der Waals surface area contributed by atoms with E-state index in [0.29, 0.717) is 11.6 Å². The zero-order valence-corrected chi connectivity index (χ0v) is 21.3. The van der Waals surface area contributed by atoms with Crippen molar-refractivity contribution in [3.63, 3.8) is 0 Å². The summed E-state index contributed by atoms with van der Waals surface area (Å²) >= 11 is 5.94. The molecular weight excluding hydrogens is 456 g/mol. The number of hydrogen-bond donors (Lipinski definition) is 1. The lowest BCUT2D eigenvalue weighted by atomic mass is 9.90. The van der Waals surface area contributed by atoms with Crippen LogP contribution in [0.15, 0.2) is 54.7 Å². The first-order valence-corrected chi connectivity index (χ1v) is 12.8. The van der Waals surface area contributed by atoms with Gasteiger partial charge in [-0.3, -0.25) is 4.98 Å². The van der Waals surface area contributed by atoms with E-state index in [2.05, 4.69) is 40.8 Å². The number of rotatable bonds is 5. The van der Waals surface area contributed by atoms with E-state index in [1.807, 2.05) is 36.5 Å². The largest absolute Gasteiger partial charge is 0.465 e. The average Bonchev–Trinajstić information content (AvgIpc) is 3.39. The predicted molar refractivity (Wildman–Crippen MR) is 141 cm³/mol. The maximum absolute atomic E-state index is 12.2. The molecule has 5 rings (SSSR count). The van der Waals surface area contributed by atoms with Crippen molar-refractivity contribution in [3.8, 4) is 5.69 Å². The van der Waals surface area contributed by atoms with Crippen molar-refractivity contribution >= 4 is 23.3 Å². The highest BCUT2D eigenvalue weighted by Crippen LogP contribution is 2.44. The zero-order chi connectivity index (χ0) is 24.5. The molecule has 1 aromatic carbocycles. The van der Waals surface area contributed by atoms with Gasteiger partial charge in [0.15, 0.2) is 5.11 Å². The molecule has 1 saturated heterocycles. The molecule has 1 saturated carbocycles. The Labute approximate surface area is 212 Å². The number of carbonyl (C=O) groups excluding carboxylic acids is 1. The van der Waals surface area contributed by atoms with Crippen molar-refractivity contribution in [1.82, 2.24) is 19.8 Å². The number of nitrogens with zero attached hydrogens (tertiary/aromatic N) is 3. The summed E-state index contributed by atoms with van der Waals surface area (Å²) in [4.78, 5) is 19.3. The summed E-state index contributed by atoms with van der Waals surface area (Å²) in [6.07, 6.45) is 7.94. The van der Waals surface area contributed by atoms with Crippen LogP contribution in [0.4, 0.5) is 0 Å². The van der Waals surface area contributed by atoms with Gasteiger partial charge in [0.1, 0.15) is 0 Å². The predicted octanol–water partition coefficient (Wildman–Crippen LogP) is 5.58. The third-order valence-electron chi connectivity index (χ3n) is 7.42. The Morgan fingerprint density at radius 1 is 1.09 bits per heavy atom. The first kappa shape index (κ1) is 23.5. The van der Waals surface area contributed by atoms with Crippen LogP contribution in [0, 0.1) is 13.8 Å². The number of nitrogens with one attached hydrogen (secondary N) is 1. The van der Waals surface area contributed by atoms with E-state index in [9.17, 15) is 4.79 Å². The highest BCUT2D eigenvalue weighted by molar-refractivity contribution is 7.80. The van der Waals surface area contributed by atoms with Crippen molar-refractivity contribution in [2.75, 3.05) is 7.11 Å². The number of esters is 1. The van der Waals surface area contributed by atoms with E-state index < -0.39 is 0 Å². The van der Waals surface area contributed by atoms with Crippen LogP contribution < -0.4 is 5.32 Å². The zero-order valence-electron chi connectivity index (χ0n) is 20.5. The molecule has 7 heteroatoms. The van der Waals surface area contributed by atoms with Gasteiger partial charge in [-0.25, -0.2) is 4.79 Å². The van der Waals surface area contributed by atoms with E-state index in [-0.39, 0.29) is 18.1 Å². The topological polar surface area (TPSA) is 59.4 Å². The van der Waals surface area contributed by atoms with Crippen LogP contribution in [0.1, 0.15) is 77.2 Å². The number of ether oxygens (including phenoxy) is 1. The van der Waals surface area contributed by atoms with Gasteiger partial charge in [0.05, 0.1) is 30.5 Å². The van der Waals surface area contributed by atoms with Crippen molar-refractivity contribution in [2.24, 2.45) is 0 Å². The Hall–Kier alpha value is -3.19. The van der Waals surface area contributed by atoms with Crippen LogP contribution >= 0.6 is 12.2 Å². The smallest absolute Gasteiger partial charge is 0.337 e. The van der Waals surface area contributed by atoms with Crippen molar-refractivity contribution < 1.29 is 9.53 Å². The average molecular weight is 489 g/mol. The monoisotopic (exact) mass is 488 g/mol. The lowest BCUT2D eigenvalue weighted by molar-refractivity contribution is 0.0600. The molecule has 3 heterocycles. The second-order valence-electron chi connectivity index (χ2n) is 9.53.